The second-order valence-electron chi connectivity index (χ2n) is 4.02. The zero-order valence-corrected chi connectivity index (χ0v) is 10.2. The maximum atomic E-state index is 5.56. The number of hydrogen-bond donors (Lipinski definition) is 0. The Kier molecular flexibility index (Phi) is 3.95. The Hall–Kier alpha value is -0.880. The number of hydrogen-bond acceptors (Lipinski definition) is 5. The van der Waals surface area contributed by atoms with E-state index < -0.39 is 0 Å². The molecule has 1 atom stereocenters. The summed E-state index contributed by atoms with van der Waals surface area (Å²) in [5.41, 5.74) is 1.12. The van der Waals surface area contributed by atoms with Crippen LogP contribution in [0.5, 0.6) is 0 Å². The van der Waals surface area contributed by atoms with Gasteiger partial charge in [-0.25, -0.2) is 4.68 Å². The summed E-state index contributed by atoms with van der Waals surface area (Å²) in [5.74, 6) is 0.853. The third kappa shape index (κ3) is 3.05. The molecule has 1 saturated heterocycles. The maximum Gasteiger partial charge on any atom is 0.209 e. The molecule has 0 aliphatic carbocycles. The minimum atomic E-state index is 0.271. The third-order valence-corrected chi connectivity index (χ3v) is 3.54. The zero-order chi connectivity index (χ0) is 11.4. The van der Waals surface area contributed by atoms with E-state index in [0.717, 1.165) is 42.5 Å². The fraction of sp³-hybridized carbons (Fsp3) is 0.700. The van der Waals surface area contributed by atoms with Gasteiger partial charge in [-0.3, -0.25) is 0 Å². The molecule has 1 aliphatic heterocycles. The molecule has 1 fully saturated rings. The van der Waals surface area contributed by atoms with Gasteiger partial charge in [0, 0.05) is 12.4 Å². The van der Waals surface area contributed by atoms with Crippen molar-refractivity contribution in [1.82, 2.24) is 20.2 Å². The van der Waals surface area contributed by atoms with Gasteiger partial charge in [0.25, 0.3) is 0 Å². The molecule has 0 spiro atoms. The molecular weight excluding hydrogens is 224 g/mol. The van der Waals surface area contributed by atoms with E-state index in [4.69, 9.17) is 4.74 Å². The lowest BCUT2D eigenvalue weighted by Gasteiger charge is -2.09. The highest BCUT2D eigenvalue weighted by Crippen LogP contribution is 2.19. The van der Waals surface area contributed by atoms with E-state index in [9.17, 15) is 0 Å². The maximum absolute atomic E-state index is 5.56. The van der Waals surface area contributed by atoms with E-state index in [2.05, 4.69) is 22.1 Å². The summed E-state index contributed by atoms with van der Waals surface area (Å²) in [5, 5.41) is 12.5. The predicted molar refractivity (Wildman–Crippen MR) is 62.3 cm³/mol. The Labute approximate surface area is 99.2 Å². The van der Waals surface area contributed by atoms with Gasteiger partial charge in [0.15, 0.2) is 0 Å². The van der Waals surface area contributed by atoms with Gasteiger partial charge in [-0.15, -0.1) is 5.10 Å². The zero-order valence-electron chi connectivity index (χ0n) is 9.43. The van der Waals surface area contributed by atoms with Gasteiger partial charge in [0.2, 0.25) is 5.16 Å². The van der Waals surface area contributed by atoms with Crippen LogP contribution in [0.2, 0.25) is 0 Å². The average molecular weight is 240 g/mol. The SMILES string of the molecule is C=C(C)CSc1nnnn1CC1CCCO1. The lowest BCUT2D eigenvalue weighted by Crippen LogP contribution is -2.16. The number of thioether (sulfide) groups is 1. The van der Waals surface area contributed by atoms with Crippen LogP contribution in [0.4, 0.5) is 0 Å². The first kappa shape index (κ1) is 11.6. The van der Waals surface area contributed by atoms with Gasteiger partial charge in [0.05, 0.1) is 12.6 Å². The van der Waals surface area contributed by atoms with E-state index in [1.54, 1.807) is 11.8 Å². The smallest absolute Gasteiger partial charge is 0.209 e. The summed E-state index contributed by atoms with van der Waals surface area (Å²) < 4.78 is 7.39. The van der Waals surface area contributed by atoms with Crippen LogP contribution in [-0.4, -0.2) is 38.7 Å². The van der Waals surface area contributed by atoms with Crippen molar-refractivity contribution >= 4 is 11.8 Å². The summed E-state index contributed by atoms with van der Waals surface area (Å²) in [6, 6.07) is 0. The van der Waals surface area contributed by atoms with Crippen LogP contribution in [0.15, 0.2) is 17.3 Å². The van der Waals surface area contributed by atoms with Crippen LogP contribution in [0.3, 0.4) is 0 Å². The molecule has 0 amide bonds. The monoisotopic (exact) mass is 240 g/mol. The molecule has 1 aliphatic rings. The number of tetrazole rings is 1. The molecule has 0 aromatic carbocycles. The van der Waals surface area contributed by atoms with Crippen molar-refractivity contribution in [3.63, 3.8) is 0 Å². The Balaban J connectivity index is 1.92. The fourth-order valence-electron chi connectivity index (χ4n) is 1.58. The Morgan fingerprint density at radius 1 is 1.69 bits per heavy atom. The van der Waals surface area contributed by atoms with Crippen molar-refractivity contribution in [1.29, 1.82) is 0 Å². The summed E-state index contributed by atoms with van der Waals surface area (Å²) >= 11 is 1.62. The molecule has 0 bridgehead atoms. The summed E-state index contributed by atoms with van der Waals surface area (Å²) in [4.78, 5) is 0. The highest BCUT2D eigenvalue weighted by atomic mass is 32.2. The fourth-order valence-corrected chi connectivity index (χ4v) is 2.31. The molecule has 16 heavy (non-hydrogen) atoms. The van der Waals surface area contributed by atoms with E-state index >= 15 is 0 Å². The summed E-state index contributed by atoms with van der Waals surface area (Å²) in [7, 11) is 0. The van der Waals surface area contributed by atoms with E-state index in [0.29, 0.717) is 0 Å². The van der Waals surface area contributed by atoms with Crippen molar-refractivity contribution in [2.24, 2.45) is 0 Å². The molecule has 6 heteroatoms. The molecule has 5 nitrogen and oxygen atoms in total. The van der Waals surface area contributed by atoms with Crippen LogP contribution in [0.25, 0.3) is 0 Å². The number of rotatable bonds is 5. The van der Waals surface area contributed by atoms with Crippen molar-refractivity contribution < 1.29 is 4.74 Å². The lowest BCUT2D eigenvalue weighted by atomic mass is 10.2. The molecule has 0 saturated carbocycles. The Morgan fingerprint density at radius 3 is 3.25 bits per heavy atom. The first-order chi connectivity index (χ1) is 7.75. The molecule has 1 aromatic rings. The average Bonchev–Trinajstić information content (AvgIpc) is 2.87. The minimum absolute atomic E-state index is 0.271. The predicted octanol–water partition coefficient (Wildman–Crippen LogP) is 1.52. The molecule has 0 N–H and O–H groups in total. The lowest BCUT2D eigenvalue weighted by molar-refractivity contribution is 0.0912. The topological polar surface area (TPSA) is 52.8 Å². The van der Waals surface area contributed by atoms with E-state index in [-0.39, 0.29) is 6.10 Å². The quantitative estimate of drug-likeness (QED) is 0.577. The standard InChI is InChI=1S/C10H16N4OS/c1-8(2)7-16-10-11-12-13-14(10)6-9-4-3-5-15-9/h9H,1,3-7H2,2H3. The highest BCUT2D eigenvalue weighted by molar-refractivity contribution is 7.99. The Bertz CT molecular complexity index is 359. The van der Waals surface area contributed by atoms with Crippen LogP contribution in [0.1, 0.15) is 19.8 Å². The normalized spacial score (nSPS) is 20.2. The number of aromatic nitrogens is 4. The second-order valence-corrected chi connectivity index (χ2v) is 4.97. The molecule has 0 radical (unpaired) electrons. The largest absolute Gasteiger partial charge is 0.376 e. The summed E-state index contributed by atoms with van der Waals surface area (Å²) in [6.45, 7) is 7.48. The summed E-state index contributed by atoms with van der Waals surface area (Å²) in [6.07, 6.45) is 2.51. The van der Waals surface area contributed by atoms with Crippen molar-refractivity contribution in [2.75, 3.05) is 12.4 Å². The molecule has 1 aromatic heterocycles. The molecule has 2 rings (SSSR count). The van der Waals surface area contributed by atoms with E-state index in [1.807, 2.05) is 11.6 Å². The van der Waals surface area contributed by atoms with Gasteiger partial charge in [-0.1, -0.05) is 23.9 Å². The Morgan fingerprint density at radius 2 is 2.56 bits per heavy atom. The highest BCUT2D eigenvalue weighted by Gasteiger charge is 2.18. The first-order valence-electron chi connectivity index (χ1n) is 5.40. The van der Waals surface area contributed by atoms with E-state index in [1.165, 1.54) is 0 Å². The van der Waals surface area contributed by atoms with Crippen molar-refractivity contribution in [2.45, 2.75) is 37.6 Å². The number of ether oxygens (including phenoxy) is 1. The van der Waals surface area contributed by atoms with Gasteiger partial charge in [-0.2, -0.15) is 0 Å². The third-order valence-electron chi connectivity index (χ3n) is 2.35. The van der Waals surface area contributed by atoms with Gasteiger partial charge < -0.3 is 4.74 Å². The minimum Gasteiger partial charge on any atom is -0.376 e. The van der Waals surface area contributed by atoms with Crippen molar-refractivity contribution in [3.05, 3.63) is 12.2 Å². The van der Waals surface area contributed by atoms with Crippen LogP contribution < -0.4 is 0 Å². The number of nitrogens with zero attached hydrogens (tertiary/aromatic N) is 4. The van der Waals surface area contributed by atoms with Crippen molar-refractivity contribution in [3.8, 4) is 0 Å². The molecule has 2 heterocycles. The van der Waals surface area contributed by atoms with Gasteiger partial charge in [-0.05, 0) is 30.2 Å². The van der Waals surface area contributed by atoms with Gasteiger partial charge >= 0.3 is 0 Å². The van der Waals surface area contributed by atoms with Gasteiger partial charge in [0.1, 0.15) is 0 Å². The van der Waals surface area contributed by atoms with Crippen LogP contribution in [0, 0.1) is 0 Å². The molecular formula is C10H16N4OS. The van der Waals surface area contributed by atoms with Crippen LogP contribution in [-0.2, 0) is 11.3 Å². The molecule has 1 unspecified atom stereocenters. The van der Waals surface area contributed by atoms with Crippen LogP contribution >= 0.6 is 11.8 Å². The molecule has 88 valence electrons. The first-order valence-corrected chi connectivity index (χ1v) is 6.39. The second kappa shape index (κ2) is 5.45.